The number of carbonyl (C=O) groups is 1. The first-order valence-corrected chi connectivity index (χ1v) is 8.00. The summed E-state index contributed by atoms with van der Waals surface area (Å²) in [4.78, 5) is 18.6. The smallest absolute Gasteiger partial charge is 0.407 e. The predicted octanol–water partition coefficient (Wildman–Crippen LogP) is 3.34. The Morgan fingerprint density at radius 2 is 2.09 bits per heavy atom. The highest BCUT2D eigenvalue weighted by atomic mass is 16.6. The van der Waals surface area contributed by atoms with Crippen LogP contribution in [0, 0.1) is 0 Å². The van der Waals surface area contributed by atoms with E-state index in [1.807, 2.05) is 51.2 Å². The Labute approximate surface area is 136 Å². The zero-order valence-corrected chi connectivity index (χ0v) is 13.9. The molecule has 1 N–H and O–H groups in total. The molecule has 0 aliphatic carbocycles. The Bertz CT molecular complexity index is 703. The number of benzene rings is 1. The van der Waals surface area contributed by atoms with Gasteiger partial charge in [0.25, 0.3) is 0 Å². The van der Waals surface area contributed by atoms with E-state index in [2.05, 4.69) is 21.3 Å². The fraction of sp³-hybridized carbons (Fsp3) is 0.444. The van der Waals surface area contributed by atoms with Crippen molar-refractivity contribution >= 4 is 22.7 Å². The van der Waals surface area contributed by atoms with Gasteiger partial charge < -0.3 is 15.0 Å². The highest BCUT2D eigenvalue weighted by Crippen LogP contribution is 2.28. The molecule has 1 aromatic carbocycles. The number of para-hydroxylation sites is 1. The highest BCUT2D eigenvalue weighted by Gasteiger charge is 2.27. The summed E-state index contributed by atoms with van der Waals surface area (Å²) in [5, 5.41) is 4.11. The average molecular weight is 313 g/mol. The highest BCUT2D eigenvalue weighted by molar-refractivity contribution is 5.91. The van der Waals surface area contributed by atoms with Gasteiger partial charge in [-0.05, 0) is 39.3 Å². The molecule has 1 aliphatic heterocycles. The van der Waals surface area contributed by atoms with Crippen LogP contribution in [0.15, 0.2) is 36.5 Å². The molecule has 2 heterocycles. The number of carbonyl (C=O) groups excluding carboxylic acids is 1. The number of hydrogen-bond acceptors (Lipinski definition) is 4. The second kappa shape index (κ2) is 6.07. The van der Waals surface area contributed by atoms with E-state index in [4.69, 9.17) is 4.74 Å². The van der Waals surface area contributed by atoms with Gasteiger partial charge in [-0.3, -0.25) is 4.98 Å². The lowest BCUT2D eigenvalue weighted by molar-refractivity contribution is 0.0509. The molecule has 3 rings (SSSR count). The minimum Gasteiger partial charge on any atom is -0.444 e. The van der Waals surface area contributed by atoms with Gasteiger partial charge in [-0.1, -0.05) is 18.2 Å². The number of aromatic nitrogens is 1. The number of pyridine rings is 1. The molecule has 0 saturated carbocycles. The van der Waals surface area contributed by atoms with Crippen molar-refractivity contribution < 1.29 is 9.53 Å². The molecule has 0 spiro atoms. The van der Waals surface area contributed by atoms with Crippen molar-refractivity contribution in [1.82, 2.24) is 10.3 Å². The van der Waals surface area contributed by atoms with Crippen LogP contribution in [0.3, 0.4) is 0 Å². The molecule has 1 atom stereocenters. The number of nitrogens with zero attached hydrogens (tertiary/aromatic N) is 2. The quantitative estimate of drug-likeness (QED) is 0.924. The van der Waals surface area contributed by atoms with Crippen LogP contribution in [0.25, 0.3) is 10.9 Å². The number of rotatable bonds is 2. The van der Waals surface area contributed by atoms with E-state index in [1.54, 1.807) is 0 Å². The fourth-order valence-electron chi connectivity index (χ4n) is 2.93. The topological polar surface area (TPSA) is 54.5 Å². The van der Waals surface area contributed by atoms with Gasteiger partial charge in [0.2, 0.25) is 0 Å². The molecule has 1 aromatic heterocycles. The number of fused-ring (bicyclic) bond motifs is 1. The summed E-state index contributed by atoms with van der Waals surface area (Å²) < 4.78 is 5.33. The van der Waals surface area contributed by atoms with Crippen molar-refractivity contribution in [2.24, 2.45) is 0 Å². The number of anilines is 1. The van der Waals surface area contributed by atoms with Crippen LogP contribution < -0.4 is 10.2 Å². The summed E-state index contributed by atoms with van der Waals surface area (Å²) in [6.07, 6.45) is 2.41. The maximum Gasteiger partial charge on any atom is 0.407 e. The molecule has 0 radical (unpaired) electrons. The summed E-state index contributed by atoms with van der Waals surface area (Å²) in [5.41, 5.74) is 1.70. The van der Waals surface area contributed by atoms with Crippen molar-refractivity contribution in [3.8, 4) is 0 Å². The van der Waals surface area contributed by atoms with Crippen LogP contribution >= 0.6 is 0 Å². The summed E-state index contributed by atoms with van der Waals surface area (Å²) >= 11 is 0. The van der Waals surface area contributed by atoms with Gasteiger partial charge in [0.15, 0.2) is 0 Å². The van der Waals surface area contributed by atoms with Crippen LogP contribution in [-0.4, -0.2) is 35.8 Å². The lowest BCUT2D eigenvalue weighted by atomic mass is 10.2. The van der Waals surface area contributed by atoms with Gasteiger partial charge >= 0.3 is 6.09 Å². The van der Waals surface area contributed by atoms with E-state index in [0.29, 0.717) is 0 Å². The zero-order chi connectivity index (χ0) is 16.4. The Hall–Kier alpha value is -2.30. The van der Waals surface area contributed by atoms with Crippen LogP contribution in [0.5, 0.6) is 0 Å². The molecule has 5 nitrogen and oxygen atoms in total. The first-order chi connectivity index (χ1) is 10.9. The molecule has 2 aromatic rings. The van der Waals surface area contributed by atoms with Crippen molar-refractivity contribution in [2.75, 3.05) is 18.0 Å². The second-order valence-electron chi connectivity index (χ2n) is 6.93. The maximum absolute atomic E-state index is 11.9. The molecule has 1 amide bonds. The van der Waals surface area contributed by atoms with E-state index in [1.165, 1.54) is 5.69 Å². The largest absolute Gasteiger partial charge is 0.444 e. The Morgan fingerprint density at radius 1 is 1.30 bits per heavy atom. The molecule has 23 heavy (non-hydrogen) atoms. The third-order valence-electron chi connectivity index (χ3n) is 3.88. The fourth-order valence-corrected chi connectivity index (χ4v) is 2.93. The molecular formula is C18H23N3O2. The number of ether oxygens (including phenoxy) is 1. The number of hydrogen-bond donors (Lipinski definition) is 1. The average Bonchev–Trinajstić information content (AvgIpc) is 2.92. The van der Waals surface area contributed by atoms with Crippen LogP contribution in [0.4, 0.5) is 10.5 Å². The molecule has 1 unspecified atom stereocenters. The van der Waals surface area contributed by atoms with E-state index in [-0.39, 0.29) is 12.1 Å². The van der Waals surface area contributed by atoms with E-state index < -0.39 is 5.60 Å². The van der Waals surface area contributed by atoms with Crippen molar-refractivity contribution in [3.63, 3.8) is 0 Å². The second-order valence-corrected chi connectivity index (χ2v) is 6.93. The standard InChI is InChI=1S/C18H23N3O2/c1-18(2,3)23-17(22)20-13-9-11-21(12-13)16-8-10-19-15-7-5-4-6-14(15)16/h4-8,10,13H,9,11-12H2,1-3H3,(H,20,22). The molecule has 1 aliphatic rings. The normalized spacial score (nSPS) is 18.2. The summed E-state index contributed by atoms with van der Waals surface area (Å²) in [6.45, 7) is 7.31. The SMILES string of the molecule is CC(C)(C)OC(=O)NC1CCN(c2ccnc3ccccc23)C1. The molecular weight excluding hydrogens is 290 g/mol. The summed E-state index contributed by atoms with van der Waals surface area (Å²) in [7, 11) is 0. The van der Waals surface area contributed by atoms with Crippen molar-refractivity contribution in [2.45, 2.75) is 38.8 Å². The molecule has 5 heteroatoms. The van der Waals surface area contributed by atoms with Crippen molar-refractivity contribution in [3.05, 3.63) is 36.5 Å². The van der Waals surface area contributed by atoms with E-state index in [9.17, 15) is 4.79 Å². The number of amides is 1. The monoisotopic (exact) mass is 313 g/mol. The van der Waals surface area contributed by atoms with Gasteiger partial charge in [-0.15, -0.1) is 0 Å². The minimum atomic E-state index is -0.469. The Balaban J connectivity index is 1.69. The van der Waals surface area contributed by atoms with Gasteiger partial charge in [0.05, 0.1) is 11.6 Å². The summed E-state index contributed by atoms with van der Waals surface area (Å²) in [5.74, 6) is 0. The Morgan fingerprint density at radius 3 is 2.87 bits per heavy atom. The van der Waals surface area contributed by atoms with E-state index >= 15 is 0 Å². The Kier molecular flexibility index (Phi) is 4.11. The van der Waals surface area contributed by atoms with E-state index in [0.717, 1.165) is 30.4 Å². The van der Waals surface area contributed by atoms with Gasteiger partial charge in [-0.25, -0.2) is 4.79 Å². The van der Waals surface area contributed by atoms with Crippen LogP contribution in [-0.2, 0) is 4.74 Å². The first-order valence-electron chi connectivity index (χ1n) is 8.00. The predicted molar refractivity (Wildman–Crippen MR) is 91.7 cm³/mol. The molecule has 122 valence electrons. The zero-order valence-electron chi connectivity index (χ0n) is 13.9. The lowest BCUT2D eigenvalue weighted by Crippen LogP contribution is -2.40. The van der Waals surface area contributed by atoms with Gasteiger partial charge in [0, 0.05) is 30.4 Å². The minimum absolute atomic E-state index is 0.108. The number of alkyl carbamates (subject to hydrolysis) is 1. The van der Waals surface area contributed by atoms with Gasteiger partial charge in [-0.2, -0.15) is 0 Å². The number of nitrogens with one attached hydrogen (secondary N) is 1. The summed E-state index contributed by atoms with van der Waals surface area (Å²) in [6, 6.07) is 10.3. The van der Waals surface area contributed by atoms with Crippen molar-refractivity contribution in [1.29, 1.82) is 0 Å². The third kappa shape index (κ3) is 3.73. The lowest BCUT2D eigenvalue weighted by Gasteiger charge is -2.23. The van der Waals surface area contributed by atoms with Crippen LogP contribution in [0.1, 0.15) is 27.2 Å². The maximum atomic E-state index is 11.9. The molecule has 1 saturated heterocycles. The van der Waals surface area contributed by atoms with Gasteiger partial charge in [0.1, 0.15) is 5.60 Å². The van der Waals surface area contributed by atoms with Crippen LogP contribution in [0.2, 0.25) is 0 Å². The molecule has 0 bridgehead atoms. The first kappa shape index (κ1) is 15.6. The third-order valence-corrected chi connectivity index (χ3v) is 3.88. The molecule has 1 fully saturated rings.